The number of rotatable bonds is 6. The summed E-state index contributed by atoms with van der Waals surface area (Å²) in [5, 5.41) is 5.60. The van der Waals surface area contributed by atoms with Crippen molar-refractivity contribution in [2.24, 2.45) is 4.99 Å². The predicted octanol–water partition coefficient (Wildman–Crippen LogP) is 5.16. The highest BCUT2D eigenvalue weighted by molar-refractivity contribution is 8.14. The quantitative estimate of drug-likeness (QED) is 0.592. The Hall–Kier alpha value is -2.25. The van der Waals surface area contributed by atoms with Gasteiger partial charge in [0.15, 0.2) is 10.3 Å². The third-order valence-corrected chi connectivity index (χ3v) is 7.59. The minimum Gasteiger partial charge on any atom is -0.497 e. The molecular formula is C22H24N4OS2. The molecule has 7 heteroatoms. The SMILES string of the molecule is COc1ccc2nc(NCCc3ccc(N=C4SC[C@@H]5CCCN45)cc3)sc2c1. The zero-order valence-corrected chi connectivity index (χ0v) is 18.1. The minimum atomic E-state index is 0.715. The van der Waals surface area contributed by atoms with Crippen molar-refractivity contribution in [1.82, 2.24) is 9.88 Å². The highest BCUT2D eigenvalue weighted by atomic mass is 32.2. The van der Waals surface area contributed by atoms with Crippen LogP contribution in [0.2, 0.25) is 0 Å². The normalized spacial score (nSPS) is 19.8. The van der Waals surface area contributed by atoms with Gasteiger partial charge in [0.1, 0.15) is 5.75 Å². The second-order valence-electron chi connectivity index (χ2n) is 7.39. The first-order valence-corrected chi connectivity index (χ1v) is 11.8. The Morgan fingerprint density at radius 1 is 1.24 bits per heavy atom. The summed E-state index contributed by atoms with van der Waals surface area (Å²) < 4.78 is 6.43. The molecular weight excluding hydrogens is 400 g/mol. The molecule has 3 aromatic rings. The zero-order chi connectivity index (χ0) is 19.6. The molecule has 0 spiro atoms. The van der Waals surface area contributed by atoms with E-state index in [-0.39, 0.29) is 0 Å². The molecule has 5 nitrogen and oxygen atoms in total. The molecule has 0 amide bonds. The summed E-state index contributed by atoms with van der Waals surface area (Å²) in [4.78, 5) is 12.0. The molecule has 2 aliphatic heterocycles. The molecule has 2 fully saturated rings. The van der Waals surface area contributed by atoms with Gasteiger partial charge in [0.2, 0.25) is 0 Å². The number of anilines is 1. The fourth-order valence-corrected chi connectivity index (χ4v) is 6.06. The van der Waals surface area contributed by atoms with Crippen molar-refractivity contribution in [3.8, 4) is 5.75 Å². The van der Waals surface area contributed by atoms with Crippen molar-refractivity contribution in [3.05, 3.63) is 48.0 Å². The summed E-state index contributed by atoms with van der Waals surface area (Å²) in [6.45, 7) is 2.02. The van der Waals surface area contributed by atoms with Crippen LogP contribution in [-0.2, 0) is 6.42 Å². The van der Waals surface area contributed by atoms with Crippen LogP contribution >= 0.6 is 23.1 Å². The fourth-order valence-electron chi connectivity index (χ4n) is 3.88. The van der Waals surface area contributed by atoms with Crippen molar-refractivity contribution in [3.63, 3.8) is 0 Å². The first-order chi connectivity index (χ1) is 14.3. The molecule has 2 aromatic carbocycles. The van der Waals surface area contributed by atoms with E-state index >= 15 is 0 Å². The molecule has 1 atom stereocenters. The van der Waals surface area contributed by atoms with Crippen LogP contribution in [0.1, 0.15) is 18.4 Å². The summed E-state index contributed by atoms with van der Waals surface area (Å²) >= 11 is 3.56. The maximum absolute atomic E-state index is 5.29. The molecule has 2 saturated heterocycles. The third kappa shape index (κ3) is 4.07. The van der Waals surface area contributed by atoms with Crippen molar-refractivity contribution in [2.45, 2.75) is 25.3 Å². The monoisotopic (exact) mass is 424 g/mol. The van der Waals surface area contributed by atoms with Gasteiger partial charge >= 0.3 is 0 Å². The van der Waals surface area contributed by atoms with E-state index in [1.165, 1.54) is 35.9 Å². The van der Waals surface area contributed by atoms with Crippen molar-refractivity contribution < 1.29 is 4.74 Å². The van der Waals surface area contributed by atoms with Gasteiger partial charge in [-0.25, -0.2) is 9.98 Å². The molecule has 3 heterocycles. The number of aromatic nitrogens is 1. The van der Waals surface area contributed by atoms with Crippen LogP contribution in [0.5, 0.6) is 5.75 Å². The first kappa shape index (κ1) is 18.8. The topological polar surface area (TPSA) is 49.8 Å². The summed E-state index contributed by atoms with van der Waals surface area (Å²) in [6.07, 6.45) is 3.58. The average Bonchev–Trinajstić information content (AvgIpc) is 3.45. The Labute approximate surface area is 179 Å². The van der Waals surface area contributed by atoms with Gasteiger partial charge in [-0.15, -0.1) is 0 Å². The number of methoxy groups -OCH3 is 1. The smallest absolute Gasteiger partial charge is 0.183 e. The number of nitrogens with zero attached hydrogens (tertiary/aromatic N) is 3. The van der Waals surface area contributed by atoms with E-state index in [2.05, 4.69) is 39.5 Å². The largest absolute Gasteiger partial charge is 0.497 e. The molecule has 0 saturated carbocycles. The summed E-state index contributed by atoms with van der Waals surface area (Å²) in [5.41, 5.74) is 3.37. The van der Waals surface area contributed by atoms with E-state index in [4.69, 9.17) is 9.73 Å². The fraction of sp³-hybridized carbons (Fsp3) is 0.364. The van der Waals surface area contributed by atoms with E-state index in [1.807, 2.05) is 30.0 Å². The first-order valence-electron chi connectivity index (χ1n) is 10.0. The maximum atomic E-state index is 5.29. The van der Waals surface area contributed by atoms with Crippen LogP contribution in [0.25, 0.3) is 10.2 Å². The number of amidine groups is 1. The van der Waals surface area contributed by atoms with Gasteiger partial charge in [0.05, 0.1) is 23.0 Å². The maximum Gasteiger partial charge on any atom is 0.183 e. The Morgan fingerprint density at radius 2 is 2.14 bits per heavy atom. The molecule has 5 rings (SSSR count). The van der Waals surface area contributed by atoms with Crippen LogP contribution in [0, 0.1) is 0 Å². The molecule has 29 heavy (non-hydrogen) atoms. The van der Waals surface area contributed by atoms with Crippen molar-refractivity contribution >= 4 is 49.3 Å². The van der Waals surface area contributed by atoms with Gasteiger partial charge in [0, 0.05) is 24.9 Å². The molecule has 2 aliphatic rings. The number of ether oxygens (including phenoxy) is 1. The van der Waals surface area contributed by atoms with Gasteiger partial charge in [0.25, 0.3) is 0 Å². The zero-order valence-electron chi connectivity index (χ0n) is 16.4. The number of hydrogen-bond acceptors (Lipinski definition) is 6. The van der Waals surface area contributed by atoms with Crippen LogP contribution in [-0.4, -0.2) is 47.0 Å². The van der Waals surface area contributed by atoms with Gasteiger partial charge in [-0.1, -0.05) is 35.2 Å². The standard InChI is InChI=1S/C22H24N4OS2/c1-27-18-8-9-19-20(13-18)29-21(25-19)23-11-10-15-4-6-16(7-5-15)24-22-26-12-2-3-17(26)14-28-22/h4-9,13,17H,2-3,10-12,14H2,1H3,(H,23,25)/t17-/m0/s1. The Bertz CT molecular complexity index is 1030. The van der Waals surface area contributed by atoms with Crippen molar-refractivity contribution in [1.29, 1.82) is 0 Å². The summed E-state index contributed by atoms with van der Waals surface area (Å²) in [7, 11) is 1.69. The lowest BCUT2D eigenvalue weighted by Gasteiger charge is -2.16. The highest BCUT2D eigenvalue weighted by Gasteiger charge is 2.33. The molecule has 0 aliphatic carbocycles. The Balaban J connectivity index is 1.17. The van der Waals surface area contributed by atoms with Crippen molar-refractivity contribution in [2.75, 3.05) is 31.3 Å². The lowest BCUT2D eigenvalue weighted by atomic mass is 10.1. The molecule has 0 radical (unpaired) electrons. The minimum absolute atomic E-state index is 0.715. The number of thioether (sulfide) groups is 1. The van der Waals surface area contributed by atoms with E-state index in [1.54, 1.807) is 18.4 Å². The average molecular weight is 425 g/mol. The van der Waals surface area contributed by atoms with Crippen LogP contribution in [0.4, 0.5) is 10.8 Å². The van der Waals surface area contributed by atoms with E-state index in [0.717, 1.165) is 39.8 Å². The van der Waals surface area contributed by atoms with Gasteiger partial charge in [-0.2, -0.15) is 0 Å². The molecule has 1 aromatic heterocycles. The summed E-state index contributed by atoms with van der Waals surface area (Å²) in [6, 6.07) is 15.3. The van der Waals surface area contributed by atoms with Crippen LogP contribution in [0.15, 0.2) is 47.5 Å². The number of thiazole rings is 1. The van der Waals surface area contributed by atoms with E-state index < -0.39 is 0 Å². The third-order valence-electron chi connectivity index (χ3n) is 5.47. The number of hydrogen-bond donors (Lipinski definition) is 1. The second kappa shape index (κ2) is 8.24. The number of aliphatic imine (C=N–C) groups is 1. The number of benzene rings is 2. The van der Waals surface area contributed by atoms with Gasteiger partial charge < -0.3 is 15.0 Å². The molecule has 0 unspecified atom stereocenters. The molecule has 150 valence electrons. The van der Waals surface area contributed by atoms with Crippen LogP contribution in [0.3, 0.4) is 0 Å². The Morgan fingerprint density at radius 3 is 3.00 bits per heavy atom. The van der Waals surface area contributed by atoms with Gasteiger partial charge in [-0.05, 0) is 55.2 Å². The predicted molar refractivity (Wildman–Crippen MR) is 124 cm³/mol. The Kier molecular flexibility index (Phi) is 5.33. The van der Waals surface area contributed by atoms with Crippen LogP contribution < -0.4 is 10.1 Å². The second-order valence-corrected chi connectivity index (χ2v) is 9.41. The van der Waals surface area contributed by atoms with E-state index in [0.29, 0.717) is 6.04 Å². The lowest BCUT2D eigenvalue weighted by molar-refractivity contribution is 0.415. The summed E-state index contributed by atoms with van der Waals surface area (Å²) in [5.74, 6) is 2.06. The molecule has 1 N–H and O–H groups in total. The lowest BCUT2D eigenvalue weighted by Crippen LogP contribution is -2.27. The highest BCUT2D eigenvalue weighted by Crippen LogP contribution is 2.33. The molecule has 0 bridgehead atoms. The number of fused-ring (bicyclic) bond motifs is 2. The number of nitrogens with one attached hydrogen (secondary N) is 1. The van der Waals surface area contributed by atoms with E-state index in [9.17, 15) is 0 Å². The van der Waals surface area contributed by atoms with Gasteiger partial charge in [-0.3, -0.25) is 0 Å².